The zero-order valence-corrected chi connectivity index (χ0v) is 20.1. The van der Waals surface area contributed by atoms with Crippen molar-refractivity contribution in [3.05, 3.63) is 31.9 Å². The van der Waals surface area contributed by atoms with Crippen molar-refractivity contribution in [2.75, 3.05) is 31.2 Å². The summed E-state index contributed by atoms with van der Waals surface area (Å²) in [4.78, 5) is 30.5. The van der Waals surface area contributed by atoms with Crippen LogP contribution in [0.2, 0.25) is 0 Å². The minimum Gasteiger partial charge on any atom is -0.378 e. The van der Waals surface area contributed by atoms with E-state index >= 15 is 0 Å². The third-order valence-corrected chi connectivity index (χ3v) is 6.84. The number of thiocarbonyl (C=S) groups is 1. The van der Waals surface area contributed by atoms with Crippen molar-refractivity contribution < 1.29 is 9.53 Å². The number of pyridine rings is 1. The van der Waals surface area contributed by atoms with Crippen LogP contribution >= 0.6 is 24.0 Å². The molecule has 0 radical (unpaired) electrons. The van der Waals surface area contributed by atoms with Gasteiger partial charge in [0.15, 0.2) is 0 Å². The fourth-order valence-electron chi connectivity index (χ4n) is 3.84. The normalized spacial score (nSPS) is 18.4. The van der Waals surface area contributed by atoms with Gasteiger partial charge in [-0.3, -0.25) is 19.1 Å². The zero-order valence-electron chi connectivity index (χ0n) is 18.4. The Kier molecular flexibility index (Phi) is 7.57. The quantitative estimate of drug-likeness (QED) is 0.476. The fourth-order valence-corrected chi connectivity index (χ4v) is 5.35. The Balaban J connectivity index is 2.25. The number of anilines is 1. The lowest BCUT2D eigenvalue weighted by Gasteiger charge is -2.33. The number of carbonyl (C=O) groups excluding carboxylic acids is 1. The van der Waals surface area contributed by atoms with E-state index in [2.05, 4.69) is 17.9 Å². The summed E-state index contributed by atoms with van der Waals surface area (Å²) in [6, 6.07) is 2.05. The third-order valence-electron chi connectivity index (χ3n) is 5.51. The summed E-state index contributed by atoms with van der Waals surface area (Å²) in [5, 5.41) is 9.73. The summed E-state index contributed by atoms with van der Waals surface area (Å²) in [5.74, 6) is 0.621. The lowest BCUT2D eigenvalue weighted by Crippen LogP contribution is -2.41. The number of morpholine rings is 1. The Morgan fingerprint density at radius 1 is 1.29 bits per heavy atom. The topological polar surface area (TPSA) is 78.6 Å². The van der Waals surface area contributed by atoms with E-state index in [1.807, 2.05) is 19.9 Å². The molecule has 0 unspecified atom stereocenters. The van der Waals surface area contributed by atoms with Crippen LogP contribution in [-0.4, -0.2) is 52.0 Å². The molecule has 2 fully saturated rings. The molecule has 1 aromatic rings. The zero-order chi connectivity index (χ0) is 22.7. The number of hydrogen-bond acceptors (Lipinski definition) is 7. The lowest BCUT2D eigenvalue weighted by molar-refractivity contribution is -0.123. The van der Waals surface area contributed by atoms with E-state index in [1.165, 1.54) is 11.8 Å². The molecule has 1 amide bonds. The minimum absolute atomic E-state index is 0.0358. The van der Waals surface area contributed by atoms with Gasteiger partial charge in [0.05, 0.1) is 18.1 Å². The Hall–Kier alpha value is -2.15. The lowest BCUT2D eigenvalue weighted by atomic mass is 10.0. The van der Waals surface area contributed by atoms with Gasteiger partial charge in [-0.2, -0.15) is 5.26 Å². The van der Waals surface area contributed by atoms with Crippen molar-refractivity contribution in [2.24, 2.45) is 0 Å². The van der Waals surface area contributed by atoms with E-state index in [0.717, 1.165) is 24.2 Å². The highest BCUT2D eigenvalue weighted by atomic mass is 32.2. The van der Waals surface area contributed by atoms with Gasteiger partial charge in [0, 0.05) is 31.2 Å². The van der Waals surface area contributed by atoms with Crippen molar-refractivity contribution >= 4 is 46.1 Å². The molecule has 9 heteroatoms. The third kappa shape index (κ3) is 4.56. The standard InChI is InChI=1S/C22H28N4O3S2/c1-5-6-7-25-19(24-8-10-29-11-9-24)16(15(4)17(13-23)20(25)27)12-18-21(28)26(14(2)3)22(30)31-18/h12,14H,5-11H2,1-4H3/b18-12+. The number of hydrogen-bond donors (Lipinski definition) is 0. The second-order valence-electron chi connectivity index (χ2n) is 7.90. The van der Waals surface area contributed by atoms with Crippen LogP contribution in [0.25, 0.3) is 6.08 Å². The summed E-state index contributed by atoms with van der Waals surface area (Å²) in [5.41, 5.74) is 1.18. The predicted molar refractivity (Wildman–Crippen MR) is 128 cm³/mol. The molecule has 2 aliphatic rings. The molecule has 7 nitrogen and oxygen atoms in total. The molecule has 3 rings (SSSR count). The number of carbonyl (C=O) groups is 1. The van der Waals surface area contributed by atoms with Crippen molar-refractivity contribution in [1.29, 1.82) is 5.26 Å². The van der Waals surface area contributed by atoms with Crippen molar-refractivity contribution in [1.82, 2.24) is 9.47 Å². The van der Waals surface area contributed by atoms with Crippen LogP contribution in [-0.2, 0) is 16.1 Å². The first-order valence-electron chi connectivity index (χ1n) is 10.6. The van der Waals surface area contributed by atoms with Gasteiger partial charge in [0.25, 0.3) is 11.5 Å². The molecular weight excluding hydrogens is 432 g/mol. The second-order valence-corrected chi connectivity index (χ2v) is 9.58. The molecular formula is C22H28N4O3S2. The number of nitriles is 1. The summed E-state index contributed by atoms with van der Waals surface area (Å²) in [6.07, 6.45) is 3.55. The van der Waals surface area contributed by atoms with Crippen LogP contribution in [0.4, 0.5) is 5.82 Å². The van der Waals surface area contributed by atoms with Crippen molar-refractivity contribution in [2.45, 2.75) is 53.1 Å². The SMILES string of the molecule is CCCCn1c(N2CCOCC2)c(/C=C2/SC(=S)N(C(C)C)C2=O)c(C)c(C#N)c1=O. The van der Waals surface area contributed by atoms with Gasteiger partial charge in [-0.25, -0.2) is 0 Å². The maximum absolute atomic E-state index is 13.2. The van der Waals surface area contributed by atoms with Gasteiger partial charge in [-0.1, -0.05) is 37.3 Å². The van der Waals surface area contributed by atoms with Gasteiger partial charge < -0.3 is 9.64 Å². The molecule has 2 aliphatic heterocycles. The van der Waals surface area contributed by atoms with Crippen LogP contribution in [0.3, 0.4) is 0 Å². The van der Waals surface area contributed by atoms with Crippen LogP contribution in [0.1, 0.15) is 50.3 Å². The van der Waals surface area contributed by atoms with Gasteiger partial charge >= 0.3 is 0 Å². The Morgan fingerprint density at radius 3 is 2.52 bits per heavy atom. The molecule has 0 aromatic carbocycles. The number of unbranched alkanes of at least 4 members (excludes halogenated alkanes) is 1. The summed E-state index contributed by atoms with van der Waals surface area (Å²) in [6.45, 7) is 10.6. The molecule has 31 heavy (non-hydrogen) atoms. The number of amides is 1. The maximum Gasteiger partial charge on any atom is 0.270 e. The number of thioether (sulfide) groups is 1. The van der Waals surface area contributed by atoms with E-state index < -0.39 is 0 Å². The number of ether oxygens (including phenoxy) is 1. The molecule has 166 valence electrons. The molecule has 3 heterocycles. The number of aromatic nitrogens is 1. The van der Waals surface area contributed by atoms with Crippen LogP contribution in [0.15, 0.2) is 9.70 Å². The average Bonchev–Trinajstić information content (AvgIpc) is 3.03. The van der Waals surface area contributed by atoms with E-state index in [9.17, 15) is 14.9 Å². The maximum atomic E-state index is 13.2. The summed E-state index contributed by atoms with van der Waals surface area (Å²) >= 11 is 6.69. The molecule has 1 aromatic heterocycles. The molecule has 0 N–H and O–H groups in total. The largest absolute Gasteiger partial charge is 0.378 e. The van der Waals surface area contributed by atoms with Crippen LogP contribution < -0.4 is 10.5 Å². The average molecular weight is 461 g/mol. The first-order chi connectivity index (χ1) is 14.8. The second kappa shape index (κ2) is 9.98. The molecule has 0 aliphatic carbocycles. The van der Waals surface area contributed by atoms with E-state index in [0.29, 0.717) is 47.6 Å². The molecule has 0 bridgehead atoms. The monoisotopic (exact) mass is 460 g/mol. The van der Waals surface area contributed by atoms with Gasteiger partial charge in [0.2, 0.25) is 0 Å². The van der Waals surface area contributed by atoms with Gasteiger partial charge in [0.1, 0.15) is 21.8 Å². The molecule has 0 atom stereocenters. The van der Waals surface area contributed by atoms with E-state index in [4.69, 9.17) is 17.0 Å². The molecule has 0 spiro atoms. The van der Waals surface area contributed by atoms with Gasteiger partial charge in [-0.15, -0.1) is 0 Å². The number of rotatable bonds is 6. The van der Waals surface area contributed by atoms with Gasteiger partial charge in [-0.05, 0) is 38.8 Å². The first-order valence-corrected chi connectivity index (χ1v) is 11.8. The van der Waals surface area contributed by atoms with Crippen LogP contribution in [0.5, 0.6) is 0 Å². The summed E-state index contributed by atoms with van der Waals surface area (Å²) < 4.78 is 7.74. The highest BCUT2D eigenvalue weighted by Gasteiger charge is 2.35. The van der Waals surface area contributed by atoms with E-state index in [1.54, 1.807) is 16.4 Å². The highest BCUT2D eigenvalue weighted by Crippen LogP contribution is 2.36. The molecule has 2 saturated heterocycles. The van der Waals surface area contributed by atoms with Crippen molar-refractivity contribution in [3.63, 3.8) is 0 Å². The first kappa shape index (κ1) is 23.5. The van der Waals surface area contributed by atoms with Crippen molar-refractivity contribution in [3.8, 4) is 6.07 Å². The highest BCUT2D eigenvalue weighted by molar-refractivity contribution is 8.26. The minimum atomic E-state index is -0.276. The smallest absolute Gasteiger partial charge is 0.270 e. The van der Waals surface area contributed by atoms with Crippen LogP contribution in [0, 0.1) is 18.3 Å². The Labute approximate surface area is 192 Å². The Bertz CT molecular complexity index is 1020. The fraction of sp³-hybridized carbons (Fsp3) is 0.545. The number of nitrogens with zero attached hydrogens (tertiary/aromatic N) is 4. The Morgan fingerprint density at radius 2 is 1.97 bits per heavy atom. The molecule has 0 saturated carbocycles. The van der Waals surface area contributed by atoms with E-state index in [-0.39, 0.29) is 23.1 Å². The summed E-state index contributed by atoms with van der Waals surface area (Å²) in [7, 11) is 0. The predicted octanol–water partition coefficient (Wildman–Crippen LogP) is 3.27.